The summed E-state index contributed by atoms with van der Waals surface area (Å²) in [6.45, 7) is 0. The van der Waals surface area contributed by atoms with Gasteiger partial charge < -0.3 is 0 Å². The van der Waals surface area contributed by atoms with E-state index < -0.39 is 0 Å². The fourth-order valence-corrected chi connectivity index (χ4v) is 0.710. The van der Waals surface area contributed by atoms with Crippen LogP contribution < -0.4 is 5.32 Å². The monoisotopic (exact) mass is 129 g/mol. The quantitative estimate of drug-likeness (QED) is 0.349. The van der Waals surface area contributed by atoms with Gasteiger partial charge in [0.1, 0.15) is 0 Å². The van der Waals surface area contributed by atoms with Crippen LogP contribution in [-0.4, -0.2) is 17.1 Å². The molecule has 0 aliphatic carbocycles. The van der Waals surface area contributed by atoms with Crippen molar-refractivity contribution in [2.24, 2.45) is 0 Å². The van der Waals surface area contributed by atoms with E-state index in [1.54, 1.807) is 0 Å². The molecule has 1 aliphatic heterocycles. The van der Waals surface area contributed by atoms with Gasteiger partial charge in [0.25, 0.3) is 5.91 Å². The predicted octanol–water partition coefficient (Wildman–Crippen LogP) is -0.652. The molecule has 1 aliphatic rings. The highest BCUT2D eigenvalue weighted by Gasteiger charge is 2.21. The Morgan fingerprint density at radius 1 is 1.50 bits per heavy atom. The third-order valence-electron chi connectivity index (χ3n) is 0.864. The van der Waals surface area contributed by atoms with E-state index in [1.165, 1.54) is 0 Å². The summed E-state index contributed by atoms with van der Waals surface area (Å²) < 4.78 is 0. The molecule has 4 heteroatoms. The number of hydrogen-bond acceptors (Lipinski definition) is 2. The molecule has 42 valence electrons. The fraction of sp³-hybridized carbons (Fsp3) is 0.250. The minimum Gasteiger partial charge on any atom is -0.292 e. The fourth-order valence-electron chi connectivity index (χ4n) is 0.487. The van der Waals surface area contributed by atoms with E-state index in [9.17, 15) is 9.59 Å². The maximum atomic E-state index is 10.4. The number of nitrogens with one attached hydrogen (secondary N) is 1. The smallest absolute Gasteiger partial charge is 0.258 e. The number of carbonyl (C=O) groups is 2. The summed E-state index contributed by atoms with van der Waals surface area (Å²) in [5.74, 6) is -0.549. The second kappa shape index (κ2) is 1.67. The standard InChI is InChI=1S/C4H4NO2P/c6-3-1-2(8)4(7)5-3/h8H,1H2,(H,5,6,7). The number of hydrogen-bond donors (Lipinski definition) is 1. The zero-order valence-electron chi connectivity index (χ0n) is 4.02. The number of amides is 2. The highest BCUT2D eigenvalue weighted by Crippen LogP contribution is 1.96. The molecule has 0 atom stereocenters. The number of carbonyl (C=O) groups excluding carboxylic acids is 2. The molecule has 1 fully saturated rings. The van der Waals surface area contributed by atoms with E-state index >= 15 is 0 Å². The zero-order valence-corrected chi connectivity index (χ0v) is 5.02. The molecule has 0 aromatic rings. The van der Waals surface area contributed by atoms with E-state index in [1.807, 2.05) is 0 Å². The average molecular weight is 129 g/mol. The third-order valence-corrected chi connectivity index (χ3v) is 1.27. The Balaban J connectivity index is 2.79. The van der Waals surface area contributed by atoms with Crippen LogP contribution in [0.3, 0.4) is 0 Å². The molecule has 0 aromatic carbocycles. The van der Waals surface area contributed by atoms with Crippen LogP contribution >= 0.6 is 8.86 Å². The summed E-state index contributed by atoms with van der Waals surface area (Å²) in [5.41, 5.74) is 0. The summed E-state index contributed by atoms with van der Waals surface area (Å²) in [4.78, 5) is 20.6. The van der Waals surface area contributed by atoms with Crippen LogP contribution in [0.1, 0.15) is 6.42 Å². The first-order chi connectivity index (χ1) is 3.70. The molecule has 1 N–H and O–H groups in total. The molecule has 0 bridgehead atoms. The minimum absolute atomic E-state index is 0.190. The van der Waals surface area contributed by atoms with Crippen LogP contribution in [-0.2, 0) is 9.59 Å². The summed E-state index contributed by atoms with van der Waals surface area (Å²) in [6, 6.07) is 0. The van der Waals surface area contributed by atoms with Gasteiger partial charge in [0.05, 0.1) is 6.42 Å². The van der Waals surface area contributed by atoms with Gasteiger partial charge in [0.15, 0.2) is 0 Å². The lowest BCUT2D eigenvalue weighted by Crippen LogP contribution is -2.21. The lowest BCUT2D eigenvalue weighted by atomic mass is 10.4. The van der Waals surface area contributed by atoms with Crippen molar-refractivity contribution >= 4 is 26.0 Å². The Morgan fingerprint density at radius 2 is 2.12 bits per heavy atom. The van der Waals surface area contributed by atoms with Gasteiger partial charge in [-0.25, -0.2) is 0 Å². The van der Waals surface area contributed by atoms with Gasteiger partial charge in [-0.1, -0.05) is 0 Å². The van der Waals surface area contributed by atoms with Gasteiger partial charge in [-0.3, -0.25) is 14.9 Å². The van der Waals surface area contributed by atoms with Crippen molar-refractivity contribution in [1.82, 2.24) is 5.32 Å². The van der Waals surface area contributed by atoms with Crippen molar-refractivity contribution in [3.05, 3.63) is 0 Å². The van der Waals surface area contributed by atoms with Crippen molar-refractivity contribution < 1.29 is 9.59 Å². The van der Waals surface area contributed by atoms with E-state index in [4.69, 9.17) is 0 Å². The highest BCUT2D eigenvalue weighted by molar-refractivity contribution is 7.26. The Kier molecular flexibility index (Phi) is 1.14. The van der Waals surface area contributed by atoms with Gasteiger partial charge in [0, 0.05) is 5.29 Å². The molecule has 3 nitrogen and oxygen atoms in total. The topological polar surface area (TPSA) is 46.2 Å². The third kappa shape index (κ3) is 0.771. The lowest BCUT2D eigenvalue weighted by Gasteiger charge is -1.80. The van der Waals surface area contributed by atoms with Crippen molar-refractivity contribution in [3.63, 3.8) is 0 Å². The molecule has 2 amide bonds. The van der Waals surface area contributed by atoms with E-state index in [0.29, 0.717) is 5.29 Å². The van der Waals surface area contributed by atoms with E-state index in [0.717, 1.165) is 0 Å². The molecule has 0 unspecified atom stereocenters. The molecule has 1 heterocycles. The molecule has 1 saturated heterocycles. The molecule has 0 aromatic heterocycles. The molecule has 1 rings (SSSR count). The molecule has 8 heavy (non-hydrogen) atoms. The lowest BCUT2D eigenvalue weighted by molar-refractivity contribution is -0.123. The Labute approximate surface area is 48.3 Å². The molecule has 0 radical (unpaired) electrons. The molecule has 0 saturated carbocycles. The van der Waals surface area contributed by atoms with Crippen LogP contribution in [0.2, 0.25) is 0 Å². The Hall–Kier alpha value is -0.690. The first-order valence-corrected chi connectivity index (χ1v) is 2.62. The minimum atomic E-state index is -0.313. The SMILES string of the molecule is O=C1CC(=P)C(=O)N1. The maximum Gasteiger partial charge on any atom is 0.258 e. The van der Waals surface area contributed by atoms with Crippen molar-refractivity contribution in [2.75, 3.05) is 0 Å². The van der Waals surface area contributed by atoms with Gasteiger partial charge >= 0.3 is 0 Å². The Morgan fingerprint density at radius 3 is 2.25 bits per heavy atom. The van der Waals surface area contributed by atoms with Gasteiger partial charge in [0.2, 0.25) is 5.91 Å². The van der Waals surface area contributed by atoms with Crippen molar-refractivity contribution in [1.29, 1.82) is 0 Å². The van der Waals surface area contributed by atoms with Crippen LogP contribution in [0.25, 0.3) is 0 Å². The van der Waals surface area contributed by atoms with Gasteiger partial charge in [-0.15, -0.1) is 8.86 Å². The molecule has 0 spiro atoms. The van der Waals surface area contributed by atoms with Crippen LogP contribution in [0.15, 0.2) is 0 Å². The predicted molar refractivity (Wildman–Crippen MR) is 31.1 cm³/mol. The first-order valence-electron chi connectivity index (χ1n) is 2.12. The summed E-state index contributed by atoms with van der Waals surface area (Å²) in [7, 11) is 2.98. The van der Waals surface area contributed by atoms with E-state index in [2.05, 4.69) is 14.2 Å². The molecular weight excluding hydrogens is 125 g/mol. The molecular formula is C4H4NO2P. The summed E-state index contributed by atoms with van der Waals surface area (Å²) in [6.07, 6.45) is 0.190. The van der Waals surface area contributed by atoms with Crippen LogP contribution in [0, 0.1) is 0 Å². The average Bonchev–Trinajstić information content (AvgIpc) is 1.85. The van der Waals surface area contributed by atoms with Crippen molar-refractivity contribution in [3.8, 4) is 0 Å². The number of imide groups is 1. The van der Waals surface area contributed by atoms with Crippen molar-refractivity contribution in [2.45, 2.75) is 6.42 Å². The summed E-state index contributed by atoms with van der Waals surface area (Å²) >= 11 is 0. The Bertz CT molecular complexity index is 157. The second-order valence-electron chi connectivity index (χ2n) is 1.53. The normalized spacial score (nSPS) is 19.2. The number of rotatable bonds is 0. The zero-order chi connectivity index (χ0) is 6.15. The van der Waals surface area contributed by atoms with Gasteiger partial charge in [-0.05, 0) is 0 Å². The van der Waals surface area contributed by atoms with Crippen LogP contribution in [0.4, 0.5) is 0 Å². The maximum absolute atomic E-state index is 10.4. The second-order valence-corrected chi connectivity index (χ2v) is 2.14. The largest absolute Gasteiger partial charge is 0.292 e. The van der Waals surface area contributed by atoms with Gasteiger partial charge in [-0.2, -0.15) is 0 Å². The van der Waals surface area contributed by atoms with Crippen LogP contribution in [0.5, 0.6) is 0 Å². The summed E-state index contributed by atoms with van der Waals surface area (Å²) in [5, 5.41) is 2.52. The highest BCUT2D eigenvalue weighted by atomic mass is 31.0. The first kappa shape index (κ1) is 5.45. The van der Waals surface area contributed by atoms with E-state index in [-0.39, 0.29) is 18.2 Å².